The lowest BCUT2D eigenvalue weighted by atomic mass is 10.0. The van der Waals surface area contributed by atoms with E-state index in [1.165, 1.54) is 140 Å². The molecule has 2 rings (SSSR count). The number of amides is 3. The first kappa shape index (κ1) is 72.6. The summed E-state index contributed by atoms with van der Waals surface area (Å²) in [5.74, 6) is -3.35. The molecule has 0 spiro atoms. The molecule has 0 aliphatic carbocycles. The van der Waals surface area contributed by atoms with Gasteiger partial charge in [0, 0.05) is 36.9 Å². The molecule has 0 radical (unpaired) electrons. The van der Waals surface area contributed by atoms with E-state index in [0.29, 0.717) is 17.5 Å². The third-order valence-corrected chi connectivity index (χ3v) is 13.9. The van der Waals surface area contributed by atoms with E-state index in [4.69, 9.17) is 23.7 Å². The van der Waals surface area contributed by atoms with Crippen molar-refractivity contribution in [3.05, 3.63) is 65.2 Å². The maximum absolute atomic E-state index is 13.3. The monoisotopic (exact) mass is 1150 g/mol. The molecule has 1 unspecified atom stereocenters. The summed E-state index contributed by atoms with van der Waals surface area (Å²) in [4.78, 5) is 91.4. The summed E-state index contributed by atoms with van der Waals surface area (Å²) in [7, 11) is 0. The Morgan fingerprint density at radius 3 is 1.44 bits per heavy atom. The summed E-state index contributed by atoms with van der Waals surface area (Å²) >= 11 is 0. The molecule has 0 bridgehead atoms. The first-order valence-electron chi connectivity index (χ1n) is 31.4. The summed E-state index contributed by atoms with van der Waals surface area (Å²) < 4.78 is 28.1. The number of ether oxygens (including phenoxy) is 5. The predicted octanol–water partition coefficient (Wildman–Crippen LogP) is 14.4. The van der Waals surface area contributed by atoms with Crippen LogP contribution in [0.4, 0.5) is 10.5 Å². The molecule has 3 amide bonds. The molecular formula is C66H107N3O13. The molecule has 0 fully saturated rings. The number of benzene rings is 2. The Kier molecular flexibility index (Phi) is 38.2. The number of unbranched alkanes of at least 4 members (excludes halogenated alkanes) is 24. The summed E-state index contributed by atoms with van der Waals surface area (Å²) in [6, 6.07) is 10.3. The molecule has 0 aromatic heterocycles. The normalized spacial score (nSPS) is 12.6. The van der Waals surface area contributed by atoms with Crippen molar-refractivity contribution in [2.45, 2.75) is 290 Å². The maximum Gasteiger partial charge on any atom is 0.408 e. The number of hydrogen-bond donors (Lipinski definition) is 4. The average Bonchev–Trinajstić information content (AvgIpc) is 3.49. The van der Waals surface area contributed by atoms with Gasteiger partial charge in [-0.1, -0.05) is 192 Å². The minimum absolute atomic E-state index is 0.0658. The highest BCUT2D eigenvalue weighted by atomic mass is 16.6. The van der Waals surface area contributed by atoms with Gasteiger partial charge in [0.25, 0.3) is 5.91 Å². The van der Waals surface area contributed by atoms with Crippen LogP contribution in [0.25, 0.3) is 0 Å². The number of carbonyl (C=O) groups is 7. The Hall–Kier alpha value is -5.51. The second-order valence-electron chi connectivity index (χ2n) is 24.0. The lowest BCUT2D eigenvalue weighted by Crippen LogP contribution is -2.46. The lowest BCUT2D eigenvalue weighted by molar-refractivity contribution is -0.159. The number of anilines is 1. The van der Waals surface area contributed by atoms with Crippen LogP contribution < -0.4 is 16.0 Å². The molecule has 0 heterocycles. The highest BCUT2D eigenvalue weighted by Crippen LogP contribution is 2.20. The standard InChI is InChI=1S/C66H107N3O13/c1-9-11-13-15-17-19-21-23-25-27-29-31-33-39-58(71)78-50-55(80-59(72)40-34-32-30-28-26-24-22-20-18-16-14-12-10-2)47-52-37-35-36-38-53(52)49-79-64(77)69-57(48-70)62(75)67-54-43-41-51(42-44-54)61(74)68-56(63(76)82-66(6,7)8)45-46-60(73)81-65(3,4)5/h35-38,41-44,55-57,70H,9-34,39-40,45-50H2,1-8H3,(H,67,75)(H,68,74)(H,69,77)/t55?,56-,57-/m0/s1. The van der Waals surface area contributed by atoms with E-state index in [1.807, 2.05) is 12.1 Å². The van der Waals surface area contributed by atoms with Crippen molar-refractivity contribution < 1.29 is 62.4 Å². The first-order chi connectivity index (χ1) is 39.2. The number of esters is 4. The molecule has 2 aromatic rings. The minimum Gasteiger partial charge on any atom is -0.462 e. The summed E-state index contributed by atoms with van der Waals surface area (Å²) in [5, 5.41) is 17.8. The van der Waals surface area contributed by atoms with Crippen LogP contribution >= 0.6 is 0 Å². The Bertz CT molecular complexity index is 2120. The Labute approximate surface area is 492 Å². The SMILES string of the molecule is CCCCCCCCCCCCCCCC(=O)OCC(Cc1ccccc1COC(=O)N[C@@H](CO)C(=O)Nc1ccc(C(=O)N[C@@H](CCC(=O)OC(C)(C)C)C(=O)OC(C)(C)C)cc1)OC(=O)CCCCCCCCCCCCCCC. The molecule has 0 aliphatic heterocycles. The van der Waals surface area contributed by atoms with Gasteiger partial charge in [0.15, 0.2) is 0 Å². The second kappa shape index (κ2) is 43.2. The van der Waals surface area contributed by atoms with Crippen molar-refractivity contribution in [3.63, 3.8) is 0 Å². The van der Waals surface area contributed by atoms with Crippen molar-refractivity contribution >= 4 is 47.5 Å². The Balaban J connectivity index is 1.98. The largest absolute Gasteiger partial charge is 0.462 e. The molecule has 2 aromatic carbocycles. The van der Waals surface area contributed by atoms with Gasteiger partial charge in [-0.25, -0.2) is 9.59 Å². The number of hydrogen-bond acceptors (Lipinski definition) is 13. The molecule has 16 heteroatoms. The van der Waals surface area contributed by atoms with Crippen LogP contribution in [0, 0.1) is 0 Å². The summed E-state index contributed by atoms with van der Waals surface area (Å²) in [5.41, 5.74) is 0.100. The zero-order valence-electron chi connectivity index (χ0n) is 51.7. The third-order valence-electron chi connectivity index (χ3n) is 13.9. The highest BCUT2D eigenvalue weighted by molar-refractivity contribution is 5.99. The van der Waals surface area contributed by atoms with Crippen molar-refractivity contribution in [2.24, 2.45) is 0 Å². The van der Waals surface area contributed by atoms with Gasteiger partial charge in [0.05, 0.1) is 6.61 Å². The number of aliphatic hydroxyl groups is 1. The smallest absolute Gasteiger partial charge is 0.408 e. The highest BCUT2D eigenvalue weighted by Gasteiger charge is 2.29. The fourth-order valence-corrected chi connectivity index (χ4v) is 9.33. The van der Waals surface area contributed by atoms with Crippen molar-refractivity contribution in [1.82, 2.24) is 10.6 Å². The minimum atomic E-state index is -1.42. The third kappa shape index (κ3) is 36.8. The number of alkyl carbamates (subject to hydrolysis) is 1. The Morgan fingerprint density at radius 2 is 0.963 bits per heavy atom. The van der Waals surface area contributed by atoms with E-state index in [1.54, 1.807) is 53.7 Å². The number of nitrogens with one attached hydrogen (secondary N) is 3. The van der Waals surface area contributed by atoms with Crippen molar-refractivity contribution in [2.75, 3.05) is 18.5 Å². The fraction of sp³-hybridized carbons (Fsp3) is 0.712. The molecule has 82 heavy (non-hydrogen) atoms. The van der Waals surface area contributed by atoms with Crippen LogP contribution in [-0.4, -0.2) is 89.5 Å². The molecule has 3 atom stereocenters. The predicted molar refractivity (Wildman–Crippen MR) is 323 cm³/mol. The summed E-state index contributed by atoms with van der Waals surface area (Å²) in [6.07, 6.45) is 29.9. The van der Waals surface area contributed by atoms with E-state index in [0.717, 1.165) is 44.9 Å². The van der Waals surface area contributed by atoms with Gasteiger partial charge in [-0.15, -0.1) is 0 Å². The number of rotatable bonds is 45. The molecular weight excluding hydrogens is 1040 g/mol. The second-order valence-corrected chi connectivity index (χ2v) is 24.0. The summed E-state index contributed by atoms with van der Waals surface area (Å²) in [6.45, 7) is 13.6. The zero-order valence-corrected chi connectivity index (χ0v) is 51.7. The average molecular weight is 1150 g/mol. The lowest BCUT2D eigenvalue weighted by Gasteiger charge is -2.25. The fourth-order valence-electron chi connectivity index (χ4n) is 9.33. The van der Waals surface area contributed by atoms with Gasteiger partial charge in [-0.2, -0.15) is 0 Å². The van der Waals surface area contributed by atoms with Gasteiger partial charge in [-0.05, 0) is 96.2 Å². The molecule has 464 valence electrons. The van der Waals surface area contributed by atoms with Gasteiger partial charge < -0.3 is 44.7 Å². The molecule has 16 nitrogen and oxygen atoms in total. The van der Waals surface area contributed by atoms with Gasteiger partial charge in [-0.3, -0.25) is 24.0 Å². The molecule has 0 aliphatic rings. The number of carbonyl (C=O) groups excluding carboxylic acids is 7. The topological polar surface area (TPSA) is 222 Å². The number of aliphatic hydroxyl groups excluding tert-OH is 1. The van der Waals surface area contributed by atoms with Gasteiger partial charge >= 0.3 is 30.0 Å². The van der Waals surface area contributed by atoms with E-state index < -0.39 is 65.8 Å². The van der Waals surface area contributed by atoms with Crippen LogP contribution in [0.3, 0.4) is 0 Å². The van der Waals surface area contributed by atoms with Gasteiger partial charge in [0.2, 0.25) is 5.91 Å². The van der Waals surface area contributed by atoms with Crippen LogP contribution in [0.15, 0.2) is 48.5 Å². The zero-order chi connectivity index (χ0) is 60.4. The van der Waals surface area contributed by atoms with Crippen LogP contribution in [0.5, 0.6) is 0 Å². The van der Waals surface area contributed by atoms with Crippen molar-refractivity contribution in [3.8, 4) is 0 Å². The van der Waals surface area contributed by atoms with Crippen LogP contribution in [0.2, 0.25) is 0 Å². The molecule has 0 saturated carbocycles. The van der Waals surface area contributed by atoms with E-state index >= 15 is 0 Å². The van der Waals surface area contributed by atoms with Gasteiger partial charge in [0.1, 0.15) is 42.6 Å². The van der Waals surface area contributed by atoms with E-state index in [2.05, 4.69) is 29.8 Å². The molecule has 4 N–H and O–H groups in total. The van der Waals surface area contributed by atoms with E-state index in [9.17, 15) is 38.7 Å². The first-order valence-corrected chi connectivity index (χ1v) is 31.4. The van der Waals surface area contributed by atoms with Crippen LogP contribution in [0.1, 0.15) is 269 Å². The van der Waals surface area contributed by atoms with E-state index in [-0.39, 0.29) is 68.5 Å². The quantitative estimate of drug-likeness (QED) is 0.0276. The Morgan fingerprint density at radius 1 is 0.500 bits per heavy atom. The van der Waals surface area contributed by atoms with Crippen LogP contribution in [-0.2, 0) is 60.7 Å². The van der Waals surface area contributed by atoms with Crippen molar-refractivity contribution in [1.29, 1.82) is 0 Å². The maximum atomic E-state index is 13.3. The molecule has 0 saturated heterocycles.